The number of carboxylic acids is 1. The number of aromatic nitrogens is 3. The van der Waals surface area contributed by atoms with E-state index in [1.165, 1.54) is 23.6 Å². The summed E-state index contributed by atoms with van der Waals surface area (Å²) in [5.41, 5.74) is 2.22. The number of aromatic carboxylic acids is 1. The first-order valence-corrected chi connectivity index (χ1v) is 10.1. The van der Waals surface area contributed by atoms with Crippen LogP contribution in [0.25, 0.3) is 15.9 Å². The molecule has 152 valence electrons. The molecule has 0 aliphatic rings. The van der Waals surface area contributed by atoms with Crippen LogP contribution in [0.4, 0.5) is 16.6 Å². The lowest BCUT2D eigenvalue weighted by molar-refractivity contribution is 0.0698. The summed E-state index contributed by atoms with van der Waals surface area (Å²) in [6.07, 6.45) is 3.24. The highest BCUT2D eigenvalue weighted by molar-refractivity contribution is 7.22. The predicted molar refractivity (Wildman–Crippen MR) is 119 cm³/mol. The summed E-state index contributed by atoms with van der Waals surface area (Å²) in [5, 5.41) is 15.9. The number of rotatable bonds is 5. The Bertz CT molecular complexity index is 1420. The smallest absolute Gasteiger partial charge is 0.339 e. The maximum atomic E-state index is 13.0. The molecule has 5 aromatic rings. The third-order valence-electron chi connectivity index (χ3n) is 4.71. The van der Waals surface area contributed by atoms with Gasteiger partial charge in [0.1, 0.15) is 11.4 Å². The van der Waals surface area contributed by atoms with Gasteiger partial charge in [-0.1, -0.05) is 35.6 Å². The zero-order valence-electron chi connectivity index (χ0n) is 15.9. The van der Waals surface area contributed by atoms with E-state index in [9.17, 15) is 14.7 Å². The van der Waals surface area contributed by atoms with Crippen molar-refractivity contribution in [3.63, 3.8) is 0 Å². The van der Waals surface area contributed by atoms with Crippen LogP contribution >= 0.6 is 11.3 Å². The average Bonchev–Trinajstić information content (AvgIpc) is 3.37. The molecule has 0 bridgehead atoms. The fourth-order valence-corrected chi connectivity index (χ4v) is 4.15. The number of nitrogens with one attached hydrogen (secondary N) is 2. The summed E-state index contributed by atoms with van der Waals surface area (Å²) in [6.45, 7) is 0. The Morgan fingerprint density at radius 2 is 1.74 bits per heavy atom. The van der Waals surface area contributed by atoms with Crippen molar-refractivity contribution in [2.24, 2.45) is 0 Å². The van der Waals surface area contributed by atoms with Crippen molar-refractivity contribution in [1.82, 2.24) is 14.4 Å². The Morgan fingerprint density at radius 3 is 2.58 bits per heavy atom. The summed E-state index contributed by atoms with van der Waals surface area (Å²) < 4.78 is 2.62. The van der Waals surface area contributed by atoms with Crippen molar-refractivity contribution in [3.8, 4) is 0 Å². The largest absolute Gasteiger partial charge is 0.478 e. The molecule has 0 aliphatic carbocycles. The van der Waals surface area contributed by atoms with Gasteiger partial charge in [-0.05, 0) is 36.4 Å². The summed E-state index contributed by atoms with van der Waals surface area (Å²) >= 11 is 1.40. The number of thiazole rings is 1. The molecule has 9 heteroatoms. The van der Waals surface area contributed by atoms with Crippen LogP contribution in [0.3, 0.4) is 0 Å². The number of imidazole rings is 1. The summed E-state index contributed by atoms with van der Waals surface area (Å²) in [4.78, 5) is 33.1. The van der Waals surface area contributed by atoms with Gasteiger partial charge in [0.2, 0.25) is 0 Å². The number of para-hydroxylation sites is 2. The minimum absolute atomic E-state index is 0.0948. The molecule has 0 unspecified atom stereocenters. The lowest BCUT2D eigenvalue weighted by Crippen LogP contribution is -2.14. The first kappa shape index (κ1) is 18.8. The lowest BCUT2D eigenvalue weighted by Gasteiger charge is -2.11. The Labute approximate surface area is 179 Å². The number of nitrogens with zero attached hydrogens (tertiary/aromatic N) is 3. The van der Waals surface area contributed by atoms with E-state index in [-0.39, 0.29) is 11.5 Å². The molecule has 0 atom stereocenters. The van der Waals surface area contributed by atoms with Crippen molar-refractivity contribution in [2.75, 3.05) is 10.6 Å². The first-order chi connectivity index (χ1) is 15.1. The van der Waals surface area contributed by atoms with Crippen LogP contribution in [0.15, 0.2) is 73.1 Å². The van der Waals surface area contributed by atoms with Gasteiger partial charge in [-0.3, -0.25) is 14.5 Å². The maximum absolute atomic E-state index is 13.0. The van der Waals surface area contributed by atoms with Crippen LogP contribution in [0, 0.1) is 0 Å². The second-order valence-electron chi connectivity index (χ2n) is 6.68. The zero-order valence-corrected chi connectivity index (χ0v) is 16.8. The molecule has 5 rings (SSSR count). The Morgan fingerprint density at radius 1 is 0.968 bits per heavy atom. The number of amides is 1. The third-order valence-corrected chi connectivity index (χ3v) is 5.67. The monoisotopic (exact) mass is 429 g/mol. The van der Waals surface area contributed by atoms with E-state index in [2.05, 4.69) is 20.6 Å². The molecule has 0 spiro atoms. The van der Waals surface area contributed by atoms with Gasteiger partial charge in [-0.15, -0.1) is 0 Å². The van der Waals surface area contributed by atoms with Crippen molar-refractivity contribution in [2.45, 2.75) is 0 Å². The Kier molecular flexibility index (Phi) is 4.57. The van der Waals surface area contributed by atoms with E-state index in [4.69, 9.17) is 0 Å². The number of carbonyl (C=O) groups excluding carboxylic acids is 1. The summed E-state index contributed by atoms with van der Waals surface area (Å²) in [6, 6.07) is 17.9. The molecule has 3 aromatic heterocycles. The number of carbonyl (C=O) groups is 2. The van der Waals surface area contributed by atoms with Gasteiger partial charge < -0.3 is 10.4 Å². The third kappa shape index (κ3) is 3.47. The number of hydrogen-bond acceptors (Lipinski definition) is 6. The summed E-state index contributed by atoms with van der Waals surface area (Å²) in [7, 11) is 0. The number of hydrogen-bond donors (Lipinski definition) is 3. The Hall–Kier alpha value is -4.24. The SMILES string of the molecule is O=C(Nc1nc2ccccc2s1)c1ccccc1Nc1cnc2c(C(=O)O)cccn12. The normalized spacial score (nSPS) is 11.0. The molecular weight excluding hydrogens is 414 g/mol. The van der Waals surface area contributed by atoms with Crippen LogP contribution in [0.2, 0.25) is 0 Å². The van der Waals surface area contributed by atoms with E-state index in [0.29, 0.717) is 27.8 Å². The molecule has 8 nitrogen and oxygen atoms in total. The van der Waals surface area contributed by atoms with Crippen molar-refractivity contribution >= 4 is 55.7 Å². The van der Waals surface area contributed by atoms with Crippen molar-refractivity contribution < 1.29 is 14.7 Å². The fourth-order valence-electron chi connectivity index (χ4n) is 3.29. The number of carboxylic acid groups (broad SMARTS) is 1. The molecule has 0 saturated carbocycles. The highest BCUT2D eigenvalue weighted by atomic mass is 32.1. The van der Waals surface area contributed by atoms with Gasteiger partial charge >= 0.3 is 5.97 Å². The molecule has 0 aliphatic heterocycles. The van der Waals surface area contributed by atoms with Gasteiger partial charge in [-0.25, -0.2) is 14.8 Å². The van der Waals surface area contributed by atoms with Crippen LogP contribution in [0.5, 0.6) is 0 Å². The molecule has 0 radical (unpaired) electrons. The fraction of sp³-hybridized carbons (Fsp3) is 0. The molecule has 3 N–H and O–H groups in total. The topological polar surface area (TPSA) is 109 Å². The number of pyridine rings is 1. The molecular formula is C22H15N5O3S. The van der Waals surface area contributed by atoms with Crippen LogP contribution < -0.4 is 10.6 Å². The van der Waals surface area contributed by atoms with Crippen molar-refractivity contribution in [3.05, 3.63) is 84.2 Å². The zero-order chi connectivity index (χ0) is 21.4. The van der Waals surface area contributed by atoms with Gasteiger partial charge in [0, 0.05) is 6.20 Å². The van der Waals surface area contributed by atoms with Gasteiger partial charge in [0.25, 0.3) is 5.91 Å². The molecule has 0 saturated heterocycles. The molecule has 1 amide bonds. The number of anilines is 3. The highest BCUT2D eigenvalue weighted by Crippen LogP contribution is 2.28. The van der Waals surface area contributed by atoms with E-state index < -0.39 is 5.97 Å². The minimum Gasteiger partial charge on any atom is -0.478 e. The average molecular weight is 429 g/mol. The second-order valence-corrected chi connectivity index (χ2v) is 7.71. The van der Waals surface area contributed by atoms with E-state index in [1.807, 2.05) is 30.3 Å². The van der Waals surface area contributed by atoms with E-state index in [1.54, 1.807) is 34.9 Å². The lowest BCUT2D eigenvalue weighted by atomic mass is 10.1. The maximum Gasteiger partial charge on any atom is 0.339 e. The highest BCUT2D eigenvalue weighted by Gasteiger charge is 2.16. The van der Waals surface area contributed by atoms with E-state index in [0.717, 1.165) is 10.2 Å². The molecule has 2 aromatic carbocycles. The minimum atomic E-state index is -1.06. The molecule has 3 heterocycles. The van der Waals surface area contributed by atoms with Crippen LogP contribution in [0.1, 0.15) is 20.7 Å². The molecule has 0 fully saturated rings. The van der Waals surface area contributed by atoms with Gasteiger partial charge in [0.05, 0.1) is 27.7 Å². The summed E-state index contributed by atoms with van der Waals surface area (Å²) in [5.74, 6) is -0.820. The van der Waals surface area contributed by atoms with Crippen LogP contribution in [-0.2, 0) is 0 Å². The van der Waals surface area contributed by atoms with Gasteiger partial charge in [0.15, 0.2) is 10.8 Å². The number of fused-ring (bicyclic) bond motifs is 2. The standard InChI is InChI=1S/C22H15N5O3S/c28-20(26-22-25-16-9-3-4-10-17(16)31-22)13-6-1-2-8-15(13)24-18-12-23-19-14(21(29)30)7-5-11-27(18)19/h1-12,24H,(H,29,30)(H,25,26,28). The van der Waals surface area contributed by atoms with E-state index >= 15 is 0 Å². The quantitative estimate of drug-likeness (QED) is 0.376. The molecule has 31 heavy (non-hydrogen) atoms. The second kappa shape index (κ2) is 7.54. The Balaban J connectivity index is 1.45. The predicted octanol–water partition coefficient (Wildman–Crippen LogP) is 4.64. The van der Waals surface area contributed by atoms with Crippen molar-refractivity contribution in [1.29, 1.82) is 0 Å². The first-order valence-electron chi connectivity index (χ1n) is 9.32. The van der Waals surface area contributed by atoms with Gasteiger partial charge in [-0.2, -0.15) is 0 Å². The number of benzene rings is 2. The van der Waals surface area contributed by atoms with Crippen LogP contribution in [-0.4, -0.2) is 31.4 Å².